The molecule has 1 aromatic carbocycles. The van der Waals surface area contributed by atoms with Gasteiger partial charge in [0.1, 0.15) is 17.8 Å². The molecule has 186 valence electrons. The van der Waals surface area contributed by atoms with Gasteiger partial charge in [0, 0.05) is 64.3 Å². The van der Waals surface area contributed by atoms with Crippen LogP contribution in [0.25, 0.3) is 0 Å². The lowest BCUT2D eigenvalue weighted by Crippen LogP contribution is -2.56. The molecule has 0 spiro atoms. The summed E-state index contributed by atoms with van der Waals surface area (Å²) in [6, 6.07) is 10.3. The largest absolute Gasteiger partial charge is 0.390 e. The number of nitrogens with one attached hydrogen (secondary N) is 1. The molecule has 5 rings (SSSR count). The van der Waals surface area contributed by atoms with Crippen molar-refractivity contribution in [3.8, 4) is 0 Å². The van der Waals surface area contributed by atoms with E-state index >= 15 is 0 Å². The minimum atomic E-state index is -0.600. The van der Waals surface area contributed by atoms with Crippen molar-refractivity contribution in [3.63, 3.8) is 0 Å². The first-order valence-corrected chi connectivity index (χ1v) is 12.6. The van der Waals surface area contributed by atoms with Crippen LogP contribution in [0.1, 0.15) is 47.8 Å². The lowest BCUT2D eigenvalue weighted by Gasteiger charge is -2.43. The lowest BCUT2D eigenvalue weighted by atomic mass is 9.94. The molecule has 2 N–H and O–H groups in total. The summed E-state index contributed by atoms with van der Waals surface area (Å²) in [4.78, 5) is 39.3. The van der Waals surface area contributed by atoms with Gasteiger partial charge in [0.2, 0.25) is 5.91 Å². The number of β-amino-alcohol motifs (C(OH)–C–C–N with tert-alkyl or cyclic N) is 1. The number of benzene rings is 1. The molecule has 1 aromatic heterocycles. The second kappa shape index (κ2) is 10.3. The highest BCUT2D eigenvalue weighted by Crippen LogP contribution is 2.26. The molecule has 0 bridgehead atoms. The molecule has 9 heteroatoms. The minimum absolute atomic E-state index is 0.0468. The molecular formula is C26H34N6O3. The molecule has 0 saturated carbocycles. The van der Waals surface area contributed by atoms with Crippen LogP contribution >= 0.6 is 0 Å². The number of amides is 2. The molecule has 9 nitrogen and oxygen atoms in total. The van der Waals surface area contributed by atoms with Gasteiger partial charge in [-0.2, -0.15) is 0 Å². The first kappa shape index (κ1) is 23.7. The van der Waals surface area contributed by atoms with E-state index in [1.165, 1.54) is 17.5 Å². The summed E-state index contributed by atoms with van der Waals surface area (Å²) in [5.41, 5.74) is 3.04. The summed E-state index contributed by atoms with van der Waals surface area (Å²) in [6.07, 6.45) is 4.40. The molecule has 0 aliphatic carbocycles. The summed E-state index contributed by atoms with van der Waals surface area (Å²) >= 11 is 0. The number of rotatable bonds is 4. The topological polar surface area (TPSA) is 102 Å². The number of hydrogen-bond donors (Lipinski definition) is 2. The predicted octanol–water partition coefficient (Wildman–Crippen LogP) is 1.53. The SMILES string of the molecule is CC(=O)N1CCCC(Nc2cc(C(=O)N3CCC(N4CCc5ccccc5C4)C(O)C3)ncn2)C1. The van der Waals surface area contributed by atoms with E-state index in [1.807, 2.05) is 4.90 Å². The highest BCUT2D eigenvalue weighted by Gasteiger charge is 2.35. The zero-order valence-electron chi connectivity index (χ0n) is 20.3. The Morgan fingerprint density at radius 1 is 1.03 bits per heavy atom. The Balaban J connectivity index is 1.19. The molecule has 3 aliphatic rings. The zero-order chi connectivity index (χ0) is 24.4. The number of aliphatic hydroxyl groups excluding tert-OH is 1. The highest BCUT2D eigenvalue weighted by molar-refractivity contribution is 5.93. The van der Waals surface area contributed by atoms with Crippen LogP contribution in [-0.2, 0) is 17.8 Å². The molecule has 2 amide bonds. The number of hydrogen-bond acceptors (Lipinski definition) is 7. The number of carbonyl (C=O) groups is 2. The average molecular weight is 479 g/mol. The second-order valence-electron chi connectivity index (χ2n) is 9.90. The van der Waals surface area contributed by atoms with Crippen LogP contribution in [-0.4, -0.2) is 92.5 Å². The molecule has 3 unspecified atom stereocenters. The number of aromatic nitrogens is 2. The van der Waals surface area contributed by atoms with Crippen LogP contribution in [0.2, 0.25) is 0 Å². The molecule has 4 heterocycles. The number of carbonyl (C=O) groups excluding carboxylic acids is 2. The standard InChI is InChI=1S/C26H34N6O3/c1-18(33)30-10-4-7-21(15-30)29-25-13-22(27-17-28-25)26(35)32-12-9-23(24(34)16-32)31-11-8-19-5-2-3-6-20(19)14-31/h2-3,5-6,13,17,21,23-24,34H,4,7-12,14-16H2,1H3,(H,27,28,29). The number of piperidine rings is 2. The van der Waals surface area contributed by atoms with Gasteiger partial charge in [-0.1, -0.05) is 24.3 Å². The Hall–Kier alpha value is -3.04. The lowest BCUT2D eigenvalue weighted by molar-refractivity contribution is -0.129. The van der Waals surface area contributed by atoms with Gasteiger partial charge in [-0.3, -0.25) is 14.5 Å². The Bertz CT molecular complexity index is 1080. The Labute approximate surface area is 206 Å². The van der Waals surface area contributed by atoms with E-state index < -0.39 is 6.10 Å². The van der Waals surface area contributed by atoms with Crippen LogP contribution in [0.15, 0.2) is 36.7 Å². The number of nitrogens with zero attached hydrogens (tertiary/aromatic N) is 5. The second-order valence-corrected chi connectivity index (χ2v) is 9.90. The van der Waals surface area contributed by atoms with Crippen LogP contribution < -0.4 is 5.32 Å². The fraction of sp³-hybridized carbons (Fsp3) is 0.538. The third-order valence-electron chi connectivity index (χ3n) is 7.57. The van der Waals surface area contributed by atoms with E-state index in [9.17, 15) is 14.7 Å². The first-order chi connectivity index (χ1) is 17.0. The van der Waals surface area contributed by atoms with Gasteiger partial charge in [0.15, 0.2) is 0 Å². The first-order valence-electron chi connectivity index (χ1n) is 12.6. The van der Waals surface area contributed by atoms with E-state index in [2.05, 4.69) is 44.5 Å². The normalized spacial score (nSPS) is 25.1. The molecule has 35 heavy (non-hydrogen) atoms. The third-order valence-corrected chi connectivity index (χ3v) is 7.57. The quantitative estimate of drug-likeness (QED) is 0.687. The van der Waals surface area contributed by atoms with Crippen molar-refractivity contribution < 1.29 is 14.7 Å². The molecule has 2 aromatic rings. The van der Waals surface area contributed by atoms with Crippen LogP contribution in [0.5, 0.6) is 0 Å². The van der Waals surface area contributed by atoms with Crippen LogP contribution in [0.3, 0.4) is 0 Å². The monoisotopic (exact) mass is 478 g/mol. The van der Waals surface area contributed by atoms with Crippen molar-refractivity contribution in [3.05, 3.63) is 53.5 Å². The highest BCUT2D eigenvalue weighted by atomic mass is 16.3. The van der Waals surface area contributed by atoms with E-state index in [-0.39, 0.29) is 23.9 Å². The van der Waals surface area contributed by atoms with Gasteiger partial charge in [-0.15, -0.1) is 0 Å². The maximum atomic E-state index is 13.2. The minimum Gasteiger partial charge on any atom is -0.390 e. The summed E-state index contributed by atoms with van der Waals surface area (Å²) in [5.74, 6) is 0.470. The molecule has 3 aliphatic heterocycles. The molecule has 2 fully saturated rings. The van der Waals surface area contributed by atoms with E-state index in [1.54, 1.807) is 17.9 Å². The summed E-state index contributed by atoms with van der Waals surface area (Å²) in [5, 5.41) is 14.3. The van der Waals surface area contributed by atoms with Crippen molar-refractivity contribution in [2.24, 2.45) is 0 Å². The Kier molecular flexibility index (Phi) is 6.97. The van der Waals surface area contributed by atoms with Gasteiger partial charge >= 0.3 is 0 Å². The van der Waals surface area contributed by atoms with E-state index in [0.717, 1.165) is 45.3 Å². The van der Waals surface area contributed by atoms with Crippen LogP contribution in [0, 0.1) is 0 Å². The predicted molar refractivity (Wildman–Crippen MR) is 132 cm³/mol. The van der Waals surface area contributed by atoms with Gasteiger partial charge < -0.3 is 20.2 Å². The summed E-state index contributed by atoms with van der Waals surface area (Å²) in [7, 11) is 0. The Morgan fingerprint density at radius 2 is 1.86 bits per heavy atom. The van der Waals surface area contributed by atoms with Gasteiger partial charge in [-0.05, 0) is 36.8 Å². The number of likely N-dealkylation sites (tertiary alicyclic amines) is 2. The maximum Gasteiger partial charge on any atom is 0.272 e. The van der Waals surface area contributed by atoms with Gasteiger partial charge in [0.05, 0.1) is 6.10 Å². The van der Waals surface area contributed by atoms with E-state index in [0.29, 0.717) is 31.1 Å². The number of fused-ring (bicyclic) bond motifs is 1. The van der Waals surface area contributed by atoms with Crippen molar-refractivity contribution in [2.45, 2.75) is 57.3 Å². The smallest absolute Gasteiger partial charge is 0.272 e. The van der Waals surface area contributed by atoms with Crippen molar-refractivity contribution in [1.82, 2.24) is 24.7 Å². The number of aliphatic hydroxyl groups is 1. The van der Waals surface area contributed by atoms with E-state index in [4.69, 9.17) is 0 Å². The van der Waals surface area contributed by atoms with Gasteiger partial charge in [0.25, 0.3) is 5.91 Å². The van der Waals surface area contributed by atoms with Crippen molar-refractivity contribution >= 4 is 17.6 Å². The fourth-order valence-electron chi connectivity index (χ4n) is 5.64. The maximum absolute atomic E-state index is 13.2. The molecule has 3 atom stereocenters. The van der Waals surface area contributed by atoms with Crippen LogP contribution in [0.4, 0.5) is 5.82 Å². The molecule has 0 radical (unpaired) electrons. The zero-order valence-corrected chi connectivity index (χ0v) is 20.3. The molecule has 2 saturated heterocycles. The Morgan fingerprint density at radius 3 is 2.66 bits per heavy atom. The average Bonchev–Trinajstić information content (AvgIpc) is 2.88. The number of anilines is 1. The molecular weight excluding hydrogens is 444 g/mol. The van der Waals surface area contributed by atoms with Crippen molar-refractivity contribution in [1.29, 1.82) is 0 Å². The van der Waals surface area contributed by atoms with Gasteiger partial charge in [-0.25, -0.2) is 9.97 Å². The summed E-state index contributed by atoms with van der Waals surface area (Å²) in [6.45, 7) is 5.65. The summed E-state index contributed by atoms with van der Waals surface area (Å²) < 4.78 is 0. The third kappa shape index (κ3) is 5.31. The van der Waals surface area contributed by atoms with Crippen molar-refractivity contribution in [2.75, 3.05) is 38.0 Å². The fourth-order valence-corrected chi connectivity index (χ4v) is 5.64.